The maximum absolute atomic E-state index is 12.2. The van der Waals surface area contributed by atoms with Gasteiger partial charge in [0.2, 0.25) is 11.8 Å². The number of carbonyl (C=O) groups is 1. The number of hydrogen-bond acceptors (Lipinski definition) is 4. The molecule has 0 aliphatic rings. The van der Waals surface area contributed by atoms with Gasteiger partial charge in [-0.25, -0.2) is 4.68 Å². The van der Waals surface area contributed by atoms with Crippen LogP contribution in [0.15, 0.2) is 46.9 Å². The number of aromatic nitrogens is 2. The summed E-state index contributed by atoms with van der Waals surface area (Å²) in [5.74, 6) is 0.0163. The van der Waals surface area contributed by atoms with Crippen LogP contribution in [0.5, 0.6) is 0 Å². The lowest BCUT2D eigenvalue weighted by atomic mass is 10.1. The average Bonchev–Trinajstić information content (AvgIpc) is 2.93. The zero-order valence-corrected chi connectivity index (χ0v) is 15.5. The van der Waals surface area contributed by atoms with Crippen molar-refractivity contribution in [3.63, 3.8) is 0 Å². The maximum atomic E-state index is 12.2. The Morgan fingerprint density at radius 3 is 2.68 bits per heavy atom. The van der Waals surface area contributed by atoms with Crippen LogP contribution in [0.25, 0.3) is 11.5 Å². The van der Waals surface area contributed by atoms with E-state index in [4.69, 9.17) is 39.8 Å². The largest absolute Gasteiger partial charge is 0.409 e. The van der Waals surface area contributed by atoms with Gasteiger partial charge in [0.05, 0.1) is 15.7 Å². The summed E-state index contributed by atoms with van der Waals surface area (Å²) in [5, 5.41) is 7.58. The predicted octanol–water partition coefficient (Wildman–Crippen LogP) is 5.13. The first-order valence-corrected chi connectivity index (χ1v) is 8.49. The van der Waals surface area contributed by atoms with Crippen molar-refractivity contribution >= 4 is 47.0 Å². The fourth-order valence-electron chi connectivity index (χ4n) is 2.15. The molecular weight excluding hydrogens is 381 g/mol. The first-order valence-electron chi connectivity index (χ1n) is 7.33. The van der Waals surface area contributed by atoms with Gasteiger partial charge >= 0.3 is 0 Å². The van der Waals surface area contributed by atoms with Gasteiger partial charge < -0.3 is 9.73 Å². The number of nitrogens with one attached hydrogen (secondary N) is 1. The molecule has 3 aromatic rings. The molecule has 0 bridgehead atoms. The van der Waals surface area contributed by atoms with Gasteiger partial charge in [0.25, 0.3) is 4.84 Å². The fourth-order valence-corrected chi connectivity index (χ4v) is 2.68. The second-order valence-corrected chi connectivity index (χ2v) is 6.48. The Kier molecular flexibility index (Phi) is 5.22. The van der Waals surface area contributed by atoms with Gasteiger partial charge in [-0.1, -0.05) is 47.0 Å². The van der Waals surface area contributed by atoms with Crippen LogP contribution in [0.2, 0.25) is 10.0 Å². The number of carbonyl (C=O) groups excluding carboxylic acids is 1. The lowest BCUT2D eigenvalue weighted by molar-refractivity contribution is -0.117. The monoisotopic (exact) mass is 393 g/mol. The summed E-state index contributed by atoms with van der Waals surface area (Å²) in [4.78, 5) is 12.3. The molecule has 1 amide bonds. The van der Waals surface area contributed by atoms with E-state index in [9.17, 15) is 4.79 Å². The van der Waals surface area contributed by atoms with Crippen LogP contribution in [0, 0.1) is 11.8 Å². The highest BCUT2D eigenvalue weighted by Gasteiger charge is 2.13. The number of hydrogen-bond donors (Lipinski definition) is 1. The molecule has 0 radical (unpaired) electrons. The summed E-state index contributed by atoms with van der Waals surface area (Å²) < 4.78 is 6.79. The minimum absolute atomic E-state index is 0.100. The highest BCUT2D eigenvalue weighted by molar-refractivity contribution is 7.71. The molecule has 1 N–H and O–H groups in total. The van der Waals surface area contributed by atoms with Crippen LogP contribution in [-0.4, -0.2) is 15.7 Å². The number of amides is 1. The molecule has 0 spiro atoms. The molecule has 25 heavy (non-hydrogen) atoms. The molecule has 0 saturated heterocycles. The number of nitrogens with zero attached hydrogens (tertiary/aromatic N) is 2. The zero-order valence-electron chi connectivity index (χ0n) is 13.1. The molecule has 5 nitrogen and oxygen atoms in total. The minimum atomic E-state index is -0.343. The molecule has 2 aromatic carbocycles. The summed E-state index contributed by atoms with van der Waals surface area (Å²) in [5.41, 5.74) is 2.33. The van der Waals surface area contributed by atoms with Gasteiger partial charge in [-0.3, -0.25) is 4.79 Å². The highest BCUT2D eigenvalue weighted by Crippen LogP contribution is 2.29. The van der Waals surface area contributed by atoms with Crippen molar-refractivity contribution in [2.45, 2.75) is 13.5 Å². The van der Waals surface area contributed by atoms with E-state index in [0.29, 0.717) is 16.6 Å². The summed E-state index contributed by atoms with van der Waals surface area (Å²) >= 11 is 17.1. The van der Waals surface area contributed by atoms with E-state index < -0.39 is 0 Å². The zero-order chi connectivity index (χ0) is 18.0. The summed E-state index contributed by atoms with van der Waals surface area (Å²) in [6.07, 6.45) is 0. The Labute approximate surface area is 159 Å². The molecule has 8 heteroatoms. The van der Waals surface area contributed by atoms with Crippen molar-refractivity contribution in [2.75, 3.05) is 5.32 Å². The lowest BCUT2D eigenvalue weighted by Crippen LogP contribution is -2.19. The average molecular weight is 394 g/mol. The lowest BCUT2D eigenvalue weighted by Gasteiger charge is -2.07. The molecule has 0 fully saturated rings. The van der Waals surface area contributed by atoms with E-state index in [1.807, 2.05) is 31.2 Å². The third kappa shape index (κ3) is 4.10. The van der Waals surface area contributed by atoms with Gasteiger partial charge in [-0.2, -0.15) is 0 Å². The van der Waals surface area contributed by atoms with Gasteiger partial charge in [-0.05, 0) is 43.4 Å². The summed E-state index contributed by atoms with van der Waals surface area (Å²) in [6.45, 7) is 1.89. The number of anilines is 1. The Bertz CT molecular complexity index is 980. The molecule has 3 rings (SSSR count). The minimum Gasteiger partial charge on any atom is -0.409 e. The standard InChI is InChI=1S/C17H13Cl2N3O2S/c1-10-5-7-11(8-6-10)16-21-22(17(25)24-16)9-14(23)20-13-4-2-3-12(18)15(13)19/h2-8H,9H2,1H3,(H,20,23). The second kappa shape index (κ2) is 7.39. The van der Waals surface area contributed by atoms with Crippen LogP contribution in [0.3, 0.4) is 0 Å². The highest BCUT2D eigenvalue weighted by atomic mass is 35.5. The molecule has 0 atom stereocenters. The van der Waals surface area contributed by atoms with Gasteiger partial charge in [0, 0.05) is 5.56 Å². The molecule has 128 valence electrons. The van der Waals surface area contributed by atoms with Crippen molar-refractivity contribution < 1.29 is 9.21 Å². The molecule has 0 unspecified atom stereocenters. The second-order valence-electron chi connectivity index (χ2n) is 5.35. The smallest absolute Gasteiger partial charge is 0.287 e. The number of aryl methyl sites for hydroxylation is 1. The Balaban J connectivity index is 1.77. The van der Waals surface area contributed by atoms with E-state index in [2.05, 4.69) is 10.4 Å². The Hall–Kier alpha value is -2.15. The molecule has 1 heterocycles. The van der Waals surface area contributed by atoms with Crippen LogP contribution >= 0.6 is 35.4 Å². The van der Waals surface area contributed by atoms with E-state index in [-0.39, 0.29) is 22.3 Å². The van der Waals surface area contributed by atoms with Crippen molar-refractivity contribution in [1.82, 2.24) is 9.78 Å². The predicted molar refractivity (Wildman–Crippen MR) is 101 cm³/mol. The van der Waals surface area contributed by atoms with Crippen molar-refractivity contribution in [2.24, 2.45) is 0 Å². The maximum Gasteiger partial charge on any atom is 0.287 e. The van der Waals surface area contributed by atoms with Crippen molar-refractivity contribution in [3.05, 3.63) is 62.9 Å². The van der Waals surface area contributed by atoms with Crippen LogP contribution in [0.4, 0.5) is 5.69 Å². The van der Waals surface area contributed by atoms with Crippen LogP contribution in [-0.2, 0) is 11.3 Å². The van der Waals surface area contributed by atoms with E-state index in [1.54, 1.807) is 18.2 Å². The van der Waals surface area contributed by atoms with Crippen molar-refractivity contribution in [3.8, 4) is 11.5 Å². The molecule has 0 aliphatic heterocycles. The third-order valence-electron chi connectivity index (χ3n) is 3.42. The number of benzene rings is 2. The van der Waals surface area contributed by atoms with E-state index >= 15 is 0 Å². The Morgan fingerprint density at radius 2 is 1.96 bits per heavy atom. The third-order valence-corrected chi connectivity index (χ3v) is 4.54. The Morgan fingerprint density at radius 1 is 1.24 bits per heavy atom. The first-order chi connectivity index (χ1) is 11.9. The summed E-state index contributed by atoms with van der Waals surface area (Å²) in [6, 6.07) is 12.6. The number of rotatable bonds is 4. The fraction of sp³-hybridized carbons (Fsp3) is 0.118. The first kappa shape index (κ1) is 17.7. The van der Waals surface area contributed by atoms with Gasteiger partial charge in [0.15, 0.2) is 0 Å². The van der Waals surface area contributed by atoms with Crippen LogP contribution < -0.4 is 5.32 Å². The SMILES string of the molecule is Cc1ccc(-c2nn(CC(=O)Nc3cccc(Cl)c3Cl)c(=S)o2)cc1. The quantitative estimate of drug-likeness (QED) is 0.624. The summed E-state index contributed by atoms with van der Waals surface area (Å²) in [7, 11) is 0. The van der Waals surface area contributed by atoms with Crippen molar-refractivity contribution in [1.29, 1.82) is 0 Å². The molecule has 0 aliphatic carbocycles. The normalized spacial score (nSPS) is 10.7. The van der Waals surface area contributed by atoms with Gasteiger partial charge in [0.1, 0.15) is 6.54 Å². The van der Waals surface area contributed by atoms with E-state index in [0.717, 1.165) is 11.1 Å². The molecular formula is C17H13Cl2N3O2S. The topological polar surface area (TPSA) is 60.1 Å². The van der Waals surface area contributed by atoms with Crippen LogP contribution in [0.1, 0.15) is 5.56 Å². The molecule has 1 aromatic heterocycles. The van der Waals surface area contributed by atoms with E-state index in [1.165, 1.54) is 4.68 Å². The van der Waals surface area contributed by atoms with Gasteiger partial charge in [-0.15, -0.1) is 5.10 Å². The number of halogens is 2. The molecule has 0 saturated carbocycles.